The van der Waals surface area contributed by atoms with E-state index < -0.39 is 0 Å². The number of ether oxygens (including phenoxy) is 1. The standard InChI is InChI=1S/C10H16O2/c11-5-6-3-7-8(4-6)10-2-1-9(7)12-10/h6-11H,1-5H2. The third-order valence-electron chi connectivity index (χ3n) is 4.06. The van der Waals surface area contributed by atoms with Gasteiger partial charge in [0.25, 0.3) is 0 Å². The van der Waals surface area contributed by atoms with Crippen LogP contribution in [0.1, 0.15) is 25.7 Å². The second-order valence-electron chi connectivity index (χ2n) is 4.64. The molecule has 0 aromatic rings. The van der Waals surface area contributed by atoms with Crippen molar-refractivity contribution >= 4 is 0 Å². The first-order valence-electron chi connectivity index (χ1n) is 5.15. The van der Waals surface area contributed by atoms with Crippen LogP contribution >= 0.6 is 0 Å². The van der Waals surface area contributed by atoms with Gasteiger partial charge in [-0.15, -0.1) is 0 Å². The predicted molar refractivity (Wildman–Crippen MR) is 44.7 cm³/mol. The van der Waals surface area contributed by atoms with Crippen LogP contribution < -0.4 is 0 Å². The van der Waals surface area contributed by atoms with Gasteiger partial charge in [0.2, 0.25) is 0 Å². The summed E-state index contributed by atoms with van der Waals surface area (Å²) in [5.74, 6) is 2.20. The van der Waals surface area contributed by atoms with Gasteiger partial charge < -0.3 is 9.84 Å². The summed E-state index contributed by atoms with van der Waals surface area (Å²) in [4.78, 5) is 0. The molecular weight excluding hydrogens is 152 g/mol. The van der Waals surface area contributed by atoms with Gasteiger partial charge >= 0.3 is 0 Å². The molecule has 2 nitrogen and oxygen atoms in total. The van der Waals surface area contributed by atoms with Gasteiger partial charge in [-0.25, -0.2) is 0 Å². The molecule has 2 bridgehead atoms. The summed E-state index contributed by atoms with van der Waals surface area (Å²) in [5.41, 5.74) is 0. The zero-order valence-corrected chi connectivity index (χ0v) is 7.28. The molecule has 2 heterocycles. The van der Waals surface area contributed by atoms with Crippen molar-refractivity contribution in [3.05, 3.63) is 0 Å². The van der Waals surface area contributed by atoms with Crippen LogP contribution in [0.15, 0.2) is 0 Å². The van der Waals surface area contributed by atoms with E-state index in [2.05, 4.69) is 0 Å². The molecular formula is C10H16O2. The molecule has 1 aliphatic carbocycles. The largest absolute Gasteiger partial charge is 0.396 e. The Hall–Kier alpha value is -0.0800. The molecule has 3 rings (SSSR count). The maximum Gasteiger partial charge on any atom is 0.0611 e. The zero-order chi connectivity index (χ0) is 8.13. The maximum atomic E-state index is 9.07. The SMILES string of the molecule is OCC1CC2C3CCC(O3)C2C1. The number of hydrogen-bond acceptors (Lipinski definition) is 2. The van der Waals surface area contributed by atoms with E-state index >= 15 is 0 Å². The molecule has 0 aromatic heterocycles. The highest BCUT2D eigenvalue weighted by Gasteiger charge is 2.52. The molecule has 68 valence electrons. The van der Waals surface area contributed by atoms with E-state index in [9.17, 15) is 0 Å². The minimum Gasteiger partial charge on any atom is -0.396 e. The highest BCUT2D eigenvalue weighted by atomic mass is 16.5. The van der Waals surface area contributed by atoms with Crippen LogP contribution in [0.2, 0.25) is 0 Å². The Kier molecular flexibility index (Phi) is 1.50. The lowest BCUT2D eigenvalue weighted by molar-refractivity contribution is 0.0721. The number of rotatable bonds is 1. The van der Waals surface area contributed by atoms with Gasteiger partial charge in [0.05, 0.1) is 12.2 Å². The molecule has 4 atom stereocenters. The van der Waals surface area contributed by atoms with Gasteiger partial charge in [-0.3, -0.25) is 0 Å². The smallest absolute Gasteiger partial charge is 0.0611 e. The molecule has 2 heteroatoms. The molecule has 0 spiro atoms. The van der Waals surface area contributed by atoms with Crippen molar-refractivity contribution in [1.82, 2.24) is 0 Å². The molecule has 0 amide bonds. The van der Waals surface area contributed by atoms with E-state index in [-0.39, 0.29) is 0 Å². The van der Waals surface area contributed by atoms with Crippen molar-refractivity contribution in [3.63, 3.8) is 0 Å². The third kappa shape index (κ3) is 0.826. The van der Waals surface area contributed by atoms with Crippen LogP contribution in [0.4, 0.5) is 0 Å². The van der Waals surface area contributed by atoms with Crippen LogP contribution in [0.5, 0.6) is 0 Å². The Balaban J connectivity index is 1.78. The quantitative estimate of drug-likeness (QED) is 0.637. The summed E-state index contributed by atoms with van der Waals surface area (Å²) in [5, 5.41) is 9.07. The Labute approximate surface area is 72.9 Å². The maximum absolute atomic E-state index is 9.07. The fraction of sp³-hybridized carbons (Fsp3) is 1.00. The summed E-state index contributed by atoms with van der Waals surface area (Å²) in [6.45, 7) is 0.395. The molecule has 1 saturated carbocycles. The molecule has 2 aliphatic heterocycles. The van der Waals surface area contributed by atoms with Crippen LogP contribution in [0, 0.1) is 17.8 Å². The second kappa shape index (κ2) is 2.46. The van der Waals surface area contributed by atoms with Gasteiger partial charge in [0, 0.05) is 6.61 Å². The van der Waals surface area contributed by atoms with E-state index in [1.807, 2.05) is 0 Å². The minimum atomic E-state index is 0.395. The number of aliphatic hydroxyl groups is 1. The average molecular weight is 168 g/mol. The van der Waals surface area contributed by atoms with Crippen LogP contribution in [0.25, 0.3) is 0 Å². The van der Waals surface area contributed by atoms with E-state index in [4.69, 9.17) is 9.84 Å². The Morgan fingerprint density at radius 1 is 1.08 bits per heavy atom. The lowest BCUT2D eigenvalue weighted by Crippen LogP contribution is -2.21. The summed E-state index contributed by atoms with van der Waals surface area (Å²) in [6, 6.07) is 0. The first-order valence-corrected chi connectivity index (χ1v) is 5.15. The normalized spacial score (nSPS) is 56.2. The fourth-order valence-electron chi connectivity index (χ4n) is 3.54. The topological polar surface area (TPSA) is 29.5 Å². The molecule has 1 N–H and O–H groups in total. The van der Waals surface area contributed by atoms with Gasteiger partial charge in [-0.05, 0) is 43.4 Å². The average Bonchev–Trinajstić information content (AvgIpc) is 2.75. The van der Waals surface area contributed by atoms with Gasteiger partial charge in [-0.1, -0.05) is 0 Å². The van der Waals surface area contributed by atoms with E-state index in [1.54, 1.807) is 0 Å². The predicted octanol–water partition coefficient (Wildman–Crippen LogP) is 1.18. The van der Waals surface area contributed by atoms with Crippen molar-refractivity contribution in [3.8, 4) is 0 Å². The van der Waals surface area contributed by atoms with E-state index in [1.165, 1.54) is 25.7 Å². The van der Waals surface area contributed by atoms with Crippen LogP contribution in [-0.4, -0.2) is 23.9 Å². The molecule has 0 radical (unpaired) electrons. The number of fused-ring (bicyclic) bond motifs is 5. The Bertz CT molecular complexity index is 174. The monoisotopic (exact) mass is 168 g/mol. The Morgan fingerprint density at radius 3 is 2.17 bits per heavy atom. The van der Waals surface area contributed by atoms with Crippen molar-refractivity contribution in [2.45, 2.75) is 37.9 Å². The lowest BCUT2D eigenvalue weighted by atomic mass is 9.82. The molecule has 3 fully saturated rings. The minimum absolute atomic E-state index is 0.395. The second-order valence-corrected chi connectivity index (χ2v) is 4.64. The van der Waals surface area contributed by atoms with Crippen molar-refractivity contribution in [2.24, 2.45) is 17.8 Å². The zero-order valence-electron chi connectivity index (χ0n) is 7.28. The van der Waals surface area contributed by atoms with E-state index in [0.29, 0.717) is 24.7 Å². The van der Waals surface area contributed by atoms with Crippen molar-refractivity contribution in [2.75, 3.05) is 6.61 Å². The molecule has 12 heavy (non-hydrogen) atoms. The molecule has 0 aromatic carbocycles. The third-order valence-corrected chi connectivity index (χ3v) is 4.06. The summed E-state index contributed by atoms with van der Waals surface area (Å²) in [7, 11) is 0. The van der Waals surface area contributed by atoms with E-state index in [0.717, 1.165) is 11.8 Å². The van der Waals surface area contributed by atoms with Gasteiger partial charge in [0.15, 0.2) is 0 Å². The summed E-state index contributed by atoms with van der Waals surface area (Å²) >= 11 is 0. The highest BCUT2D eigenvalue weighted by Crippen LogP contribution is 2.53. The number of hydrogen-bond donors (Lipinski definition) is 1. The Morgan fingerprint density at radius 2 is 1.67 bits per heavy atom. The first kappa shape index (κ1) is 7.34. The number of aliphatic hydroxyl groups excluding tert-OH is 1. The molecule has 4 unspecified atom stereocenters. The first-order chi connectivity index (χ1) is 5.88. The van der Waals surface area contributed by atoms with Crippen LogP contribution in [0.3, 0.4) is 0 Å². The van der Waals surface area contributed by atoms with Crippen molar-refractivity contribution < 1.29 is 9.84 Å². The van der Waals surface area contributed by atoms with Gasteiger partial charge in [-0.2, -0.15) is 0 Å². The summed E-state index contributed by atoms with van der Waals surface area (Å²) < 4.78 is 5.85. The van der Waals surface area contributed by atoms with Crippen LogP contribution in [-0.2, 0) is 4.74 Å². The lowest BCUT2D eigenvalue weighted by Gasteiger charge is -2.19. The summed E-state index contributed by atoms with van der Waals surface area (Å²) in [6.07, 6.45) is 6.15. The van der Waals surface area contributed by atoms with Gasteiger partial charge in [0.1, 0.15) is 0 Å². The fourth-order valence-corrected chi connectivity index (χ4v) is 3.54. The molecule has 2 saturated heterocycles. The highest BCUT2D eigenvalue weighted by molar-refractivity contribution is 5.01. The van der Waals surface area contributed by atoms with Crippen molar-refractivity contribution in [1.29, 1.82) is 0 Å². The molecule has 3 aliphatic rings.